The number of thiocarbonyl (C=S) groups is 1. The Morgan fingerprint density at radius 3 is 3.06 bits per heavy atom. The van der Waals surface area contributed by atoms with Crippen molar-refractivity contribution in [1.29, 1.82) is 0 Å². The van der Waals surface area contributed by atoms with Crippen LogP contribution < -0.4 is 10.6 Å². The van der Waals surface area contributed by atoms with Crippen molar-refractivity contribution in [2.24, 2.45) is 5.73 Å². The van der Waals surface area contributed by atoms with Crippen molar-refractivity contribution in [1.82, 2.24) is 14.9 Å². The first-order valence-electron chi connectivity index (χ1n) is 6.12. The van der Waals surface area contributed by atoms with Crippen LogP contribution in [0, 0.1) is 0 Å². The van der Waals surface area contributed by atoms with Crippen molar-refractivity contribution in [2.45, 2.75) is 18.9 Å². The lowest BCUT2D eigenvalue weighted by Crippen LogP contribution is -2.38. The molecule has 1 saturated heterocycles. The Morgan fingerprint density at radius 2 is 2.39 bits per heavy atom. The Bertz CT molecular complexity index is 434. The fraction of sp³-hybridized carbons (Fsp3) is 0.583. The van der Waals surface area contributed by atoms with Gasteiger partial charge in [-0.3, -0.25) is 0 Å². The van der Waals surface area contributed by atoms with Gasteiger partial charge in [0.1, 0.15) is 10.7 Å². The molecule has 0 amide bonds. The molecule has 1 atom stereocenters. The van der Waals surface area contributed by atoms with Crippen LogP contribution in [-0.2, 0) is 0 Å². The number of hydrogen-bond donors (Lipinski definition) is 1. The molecular formula is C12H19N5S. The largest absolute Gasteiger partial charge is 0.388 e. The molecule has 98 valence electrons. The summed E-state index contributed by atoms with van der Waals surface area (Å²) in [5, 5.41) is 0. The van der Waals surface area contributed by atoms with E-state index >= 15 is 0 Å². The third-order valence-electron chi connectivity index (χ3n) is 3.11. The van der Waals surface area contributed by atoms with Crippen molar-refractivity contribution in [3.8, 4) is 0 Å². The molecule has 1 aliphatic rings. The molecule has 0 aromatic carbocycles. The first-order chi connectivity index (χ1) is 8.58. The summed E-state index contributed by atoms with van der Waals surface area (Å²) in [4.78, 5) is 13.6. The Morgan fingerprint density at radius 1 is 1.61 bits per heavy atom. The number of hydrogen-bond acceptors (Lipinski definition) is 5. The molecule has 0 bridgehead atoms. The maximum absolute atomic E-state index is 5.61. The number of aromatic nitrogens is 2. The molecule has 0 aliphatic carbocycles. The van der Waals surface area contributed by atoms with Gasteiger partial charge in [0.25, 0.3) is 0 Å². The van der Waals surface area contributed by atoms with Gasteiger partial charge < -0.3 is 15.5 Å². The standard InChI is InChI=1S/C12H19N5S/c1-16(2)8-9-4-3-7-17(9)12-14-6-5-10(15-12)11(13)18/h5-6,9H,3-4,7-8H2,1-2H3,(H2,13,18). The first-order valence-corrected chi connectivity index (χ1v) is 6.53. The van der Waals surface area contributed by atoms with E-state index in [4.69, 9.17) is 18.0 Å². The van der Waals surface area contributed by atoms with Gasteiger partial charge in [-0.05, 0) is 33.0 Å². The van der Waals surface area contributed by atoms with Gasteiger partial charge >= 0.3 is 0 Å². The lowest BCUT2D eigenvalue weighted by molar-refractivity contribution is 0.371. The molecule has 0 saturated carbocycles. The topological polar surface area (TPSA) is 58.3 Å². The summed E-state index contributed by atoms with van der Waals surface area (Å²) < 4.78 is 0. The zero-order chi connectivity index (χ0) is 13.1. The third-order valence-corrected chi connectivity index (χ3v) is 3.31. The second-order valence-electron chi connectivity index (χ2n) is 4.86. The third kappa shape index (κ3) is 2.94. The maximum atomic E-state index is 5.61. The van der Waals surface area contributed by atoms with Gasteiger partial charge in [-0.2, -0.15) is 0 Å². The predicted molar refractivity (Wildman–Crippen MR) is 76.8 cm³/mol. The Hall–Kier alpha value is -1.27. The predicted octanol–water partition coefficient (Wildman–Crippen LogP) is 0.641. The van der Waals surface area contributed by atoms with Crippen LogP contribution in [0.3, 0.4) is 0 Å². The Balaban J connectivity index is 2.19. The van der Waals surface area contributed by atoms with E-state index in [0.717, 1.165) is 19.0 Å². The highest BCUT2D eigenvalue weighted by Gasteiger charge is 2.27. The van der Waals surface area contributed by atoms with Gasteiger partial charge in [0, 0.05) is 25.3 Å². The summed E-state index contributed by atoms with van der Waals surface area (Å²) in [6.45, 7) is 2.01. The van der Waals surface area contributed by atoms with Crippen molar-refractivity contribution in [2.75, 3.05) is 32.1 Å². The number of nitrogens with zero attached hydrogens (tertiary/aromatic N) is 4. The second kappa shape index (κ2) is 5.58. The molecule has 18 heavy (non-hydrogen) atoms. The summed E-state index contributed by atoms with van der Waals surface area (Å²) in [5.74, 6) is 0.740. The van der Waals surface area contributed by atoms with Crippen molar-refractivity contribution in [3.63, 3.8) is 0 Å². The molecule has 0 spiro atoms. The maximum Gasteiger partial charge on any atom is 0.226 e. The van der Waals surface area contributed by atoms with Gasteiger partial charge in [-0.15, -0.1) is 0 Å². The zero-order valence-electron chi connectivity index (χ0n) is 10.8. The summed E-state index contributed by atoms with van der Waals surface area (Å²) in [7, 11) is 4.17. The zero-order valence-corrected chi connectivity index (χ0v) is 11.7. The molecule has 2 rings (SSSR count). The van der Waals surface area contributed by atoms with Crippen LogP contribution in [0.2, 0.25) is 0 Å². The Labute approximate surface area is 113 Å². The van der Waals surface area contributed by atoms with Crippen LogP contribution in [0.15, 0.2) is 12.3 Å². The average Bonchev–Trinajstić information content (AvgIpc) is 2.76. The van der Waals surface area contributed by atoms with Crippen molar-refractivity contribution in [3.05, 3.63) is 18.0 Å². The molecule has 6 heteroatoms. The molecule has 1 aliphatic heterocycles. The number of rotatable bonds is 4. The normalized spacial score (nSPS) is 19.5. The van der Waals surface area contributed by atoms with Crippen LogP contribution in [0.4, 0.5) is 5.95 Å². The minimum atomic E-state index is 0.321. The van der Waals surface area contributed by atoms with Crippen LogP contribution in [0.25, 0.3) is 0 Å². The molecule has 1 fully saturated rings. The highest BCUT2D eigenvalue weighted by Crippen LogP contribution is 2.22. The van der Waals surface area contributed by atoms with E-state index in [1.807, 2.05) is 0 Å². The molecule has 1 unspecified atom stereocenters. The fourth-order valence-electron chi connectivity index (χ4n) is 2.33. The Kier molecular flexibility index (Phi) is 4.08. The van der Waals surface area contributed by atoms with E-state index < -0.39 is 0 Å². The molecule has 2 N–H and O–H groups in total. The summed E-state index contributed by atoms with van der Waals surface area (Å²) in [6, 6.07) is 2.23. The van der Waals surface area contributed by atoms with Crippen LogP contribution >= 0.6 is 12.2 Å². The molecule has 1 aromatic rings. The van der Waals surface area contributed by atoms with Gasteiger partial charge in [0.05, 0.1) is 0 Å². The fourth-order valence-corrected chi connectivity index (χ4v) is 2.45. The quantitative estimate of drug-likeness (QED) is 0.806. The SMILES string of the molecule is CN(C)CC1CCCN1c1nccc(C(N)=S)n1. The van der Waals surface area contributed by atoms with Crippen LogP contribution in [-0.4, -0.2) is 53.1 Å². The number of nitrogens with two attached hydrogens (primary N) is 1. The summed E-state index contributed by atoms with van der Waals surface area (Å²) >= 11 is 4.96. The van der Waals surface area contributed by atoms with E-state index in [1.165, 1.54) is 12.8 Å². The first kappa shape index (κ1) is 13.2. The van der Waals surface area contributed by atoms with Crippen LogP contribution in [0.1, 0.15) is 18.5 Å². The van der Waals surface area contributed by atoms with Crippen LogP contribution in [0.5, 0.6) is 0 Å². The van der Waals surface area contributed by atoms with E-state index in [1.54, 1.807) is 12.3 Å². The minimum Gasteiger partial charge on any atom is -0.388 e. The molecule has 0 radical (unpaired) electrons. The van der Waals surface area contributed by atoms with Crippen molar-refractivity contribution < 1.29 is 0 Å². The van der Waals surface area contributed by atoms with Gasteiger partial charge in [-0.1, -0.05) is 12.2 Å². The molecular weight excluding hydrogens is 246 g/mol. The number of likely N-dealkylation sites (N-methyl/N-ethyl adjacent to an activating group) is 1. The minimum absolute atomic E-state index is 0.321. The highest BCUT2D eigenvalue weighted by molar-refractivity contribution is 7.80. The van der Waals surface area contributed by atoms with Gasteiger partial charge in [0.15, 0.2) is 0 Å². The van der Waals surface area contributed by atoms with Gasteiger partial charge in [0.2, 0.25) is 5.95 Å². The van der Waals surface area contributed by atoms with E-state index in [9.17, 15) is 0 Å². The summed E-state index contributed by atoms with van der Waals surface area (Å²) in [5.41, 5.74) is 6.26. The van der Waals surface area contributed by atoms with Gasteiger partial charge in [-0.25, -0.2) is 9.97 Å². The van der Waals surface area contributed by atoms with Crippen molar-refractivity contribution >= 4 is 23.2 Å². The average molecular weight is 265 g/mol. The number of anilines is 1. The van der Waals surface area contributed by atoms with E-state index in [0.29, 0.717) is 16.7 Å². The molecule has 5 nitrogen and oxygen atoms in total. The van der Waals surface area contributed by atoms with E-state index in [2.05, 4.69) is 33.9 Å². The smallest absolute Gasteiger partial charge is 0.226 e. The lowest BCUT2D eigenvalue weighted by Gasteiger charge is -2.27. The van der Waals surface area contributed by atoms with E-state index in [-0.39, 0.29) is 0 Å². The lowest BCUT2D eigenvalue weighted by atomic mass is 10.2. The highest BCUT2D eigenvalue weighted by atomic mass is 32.1. The molecule has 2 heterocycles. The summed E-state index contributed by atoms with van der Waals surface area (Å²) in [6.07, 6.45) is 4.08. The second-order valence-corrected chi connectivity index (χ2v) is 5.30. The monoisotopic (exact) mass is 265 g/mol. The molecule has 1 aromatic heterocycles.